The highest BCUT2D eigenvalue weighted by Gasteiger charge is 2.22. The van der Waals surface area contributed by atoms with Crippen LogP contribution >= 0.6 is 11.8 Å². The van der Waals surface area contributed by atoms with Crippen molar-refractivity contribution in [3.05, 3.63) is 58.4 Å². The predicted octanol–water partition coefficient (Wildman–Crippen LogP) is 5.17. The van der Waals surface area contributed by atoms with E-state index in [0.29, 0.717) is 5.69 Å². The van der Waals surface area contributed by atoms with E-state index < -0.39 is 0 Å². The molecule has 0 aliphatic carbocycles. The second kappa shape index (κ2) is 8.26. The van der Waals surface area contributed by atoms with Crippen molar-refractivity contribution in [3.8, 4) is 0 Å². The Morgan fingerprint density at radius 2 is 1.81 bits per heavy atom. The van der Waals surface area contributed by atoms with Crippen molar-refractivity contribution < 1.29 is 4.79 Å². The number of hydrogen-bond donors (Lipinski definition) is 0. The van der Waals surface area contributed by atoms with E-state index >= 15 is 0 Å². The van der Waals surface area contributed by atoms with Gasteiger partial charge in [0.15, 0.2) is 0 Å². The van der Waals surface area contributed by atoms with E-state index in [4.69, 9.17) is 0 Å². The van der Waals surface area contributed by atoms with Crippen molar-refractivity contribution in [1.29, 1.82) is 0 Å². The van der Waals surface area contributed by atoms with Gasteiger partial charge in [-0.3, -0.25) is 4.79 Å². The summed E-state index contributed by atoms with van der Waals surface area (Å²) in [6.45, 7) is 10.4. The molecule has 2 aromatic rings. The smallest absolute Gasteiger partial charge is 0.272 e. The number of amides is 1. The van der Waals surface area contributed by atoms with Crippen LogP contribution in [0, 0.1) is 26.7 Å². The second-order valence-corrected chi connectivity index (χ2v) is 8.49. The minimum absolute atomic E-state index is 0.0754. The Morgan fingerprint density at radius 1 is 1.15 bits per heavy atom. The molecule has 1 fully saturated rings. The molecule has 0 radical (unpaired) electrons. The van der Waals surface area contributed by atoms with Crippen molar-refractivity contribution in [1.82, 2.24) is 9.88 Å². The number of aryl methyl sites for hydroxylation is 3. The molecule has 3 rings (SSSR count). The first-order valence-electron chi connectivity index (χ1n) is 9.40. The van der Waals surface area contributed by atoms with E-state index in [2.05, 4.69) is 44.8 Å². The van der Waals surface area contributed by atoms with Crippen molar-refractivity contribution in [2.45, 2.75) is 51.2 Å². The van der Waals surface area contributed by atoms with Gasteiger partial charge in [-0.15, -0.1) is 11.8 Å². The largest absolute Gasteiger partial charge is 0.337 e. The van der Waals surface area contributed by atoms with Gasteiger partial charge in [0.25, 0.3) is 5.91 Å². The molecular weight excluding hydrogens is 340 g/mol. The van der Waals surface area contributed by atoms with Gasteiger partial charge in [0.2, 0.25) is 0 Å². The monoisotopic (exact) mass is 368 g/mol. The summed E-state index contributed by atoms with van der Waals surface area (Å²) in [6.07, 6.45) is 2.18. The first-order chi connectivity index (χ1) is 12.4. The van der Waals surface area contributed by atoms with Crippen molar-refractivity contribution in [3.63, 3.8) is 0 Å². The molecule has 26 heavy (non-hydrogen) atoms. The minimum Gasteiger partial charge on any atom is -0.337 e. The number of piperidine rings is 1. The number of pyridine rings is 1. The van der Waals surface area contributed by atoms with Gasteiger partial charge in [0.1, 0.15) is 5.69 Å². The number of thioether (sulfide) groups is 1. The topological polar surface area (TPSA) is 33.2 Å². The first kappa shape index (κ1) is 19.0. The van der Waals surface area contributed by atoms with Crippen LogP contribution in [0.5, 0.6) is 0 Å². The summed E-state index contributed by atoms with van der Waals surface area (Å²) in [4.78, 5) is 20.7. The van der Waals surface area contributed by atoms with Crippen LogP contribution in [-0.2, 0) is 5.75 Å². The lowest BCUT2D eigenvalue weighted by atomic mass is 9.99. The number of aromatic nitrogens is 1. The maximum absolute atomic E-state index is 12.7. The number of hydrogen-bond acceptors (Lipinski definition) is 3. The van der Waals surface area contributed by atoms with Gasteiger partial charge in [-0.05, 0) is 62.8 Å². The number of nitrogens with zero attached hydrogens (tertiary/aromatic N) is 2. The van der Waals surface area contributed by atoms with Crippen LogP contribution in [0.2, 0.25) is 0 Å². The normalized spacial score (nSPS) is 15.3. The van der Waals surface area contributed by atoms with Gasteiger partial charge in [0, 0.05) is 23.7 Å². The van der Waals surface area contributed by atoms with Gasteiger partial charge in [0.05, 0.1) is 5.69 Å². The van der Waals surface area contributed by atoms with Gasteiger partial charge in [-0.25, -0.2) is 4.98 Å². The highest BCUT2D eigenvalue weighted by molar-refractivity contribution is 7.98. The summed E-state index contributed by atoms with van der Waals surface area (Å²) >= 11 is 1.80. The average molecular weight is 369 g/mol. The van der Waals surface area contributed by atoms with E-state index in [1.165, 1.54) is 21.6 Å². The zero-order chi connectivity index (χ0) is 18.7. The van der Waals surface area contributed by atoms with Crippen LogP contribution in [-0.4, -0.2) is 28.9 Å². The van der Waals surface area contributed by atoms with Gasteiger partial charge in [-0.1, -0.05) is 30.7 Å². The molecule has 0 bridgehead atoms. The third kappa shape index (κ3) is 4.47. The number of benzene rings is 1. The summed E-state index contributed by atoms with van der Waals surface area (Å²) in [5.41, 5.74) is 5.45. The molecule has 1 aromatic carbocycles. The summed E-state index contributed by atoms with van der Waals surface area (Å²) in [6, 6.07) is 10.3. The zero-order valence-electron chi connectivity index (χ0n) is 16.2. The van der Waals surface area contributed by atoms with Crippen LogP contribution in [0.15, 0.2) is 35.2 Å². The highest BCUT2D eigenvalue weighted by Crippen LogP contribution is 2.30. The summed E-state index contributed by atoms with van der Waals surface area (Å²) in [5.74, 6) is 1.57. The lowest BCUT2D eigenvalue weighted by Gasteiger charge is -2.30. The molecule has 138 valence electrons. The molecular formula is C22H28N2OS. The van der Waals surface area contributed by atoms with Crippen molar-refractivity contribution in [2.24, 2.45) is 5.92 Å². The molecule has 0 N–H and O–H groups in total. The average Bonchev–Trinajstić information content (AvgIpc) is 2.61. The molecule has 3 nitrogen and oxygen atoms in total. The molecule has 2 heterocycles. The molecule has 1 aliphatic heterocycles. The van der Waals surface area contributed by atoms with Crippen LogP contribution in [0.1, 0.15) is 52.6 Å². The Kier molecular flexibility index (Phi) is 6.02. The Morgan fingerprint density at radius 3 is 2.46 bits per heavy atom. The fraction of sp³-hybridized carbons (Fsp3) is 0.455. The van der Waals surface area contributed by atoms with Crippen LogP contribution in [0.25, 0.3) is 0 Å². The number of rotatable bonds is 4. The molecule has 1 aliphatic rings. The lowest BCUT2D eigenvalue weighted by Crippen LogP contribution is -2.38. The van der Waals surface area contributed by atoms with Gasteiger partial charge >= 0.3 is 0 Å². The highest BCUT2D eigenvalue weighted by atomic mass is 32.2. The van der Waals surface area contributed by atoms with E-state index in [9.17, 15) is 4.79 Å². The number of carbonyl (C=O) groups excluding carboxylic acids is 1. The van der Waals surface area contributed by atoms with Crippen LogP contribution < -0.4 is 0 Å². The molecule has 4 heteroatoms. The maximum Gasteiger partial charge on any atom is 0.272 e. The third-order valence-electron chi connectivity index (χ3n) is 5.07. The summed E-state index contributed by atoms with van der Waals surface area (Å²) in [7, 11) is 0. The Labute approximate surface area is 161 Å². The fourth-order valence-electron chi connectivity index (χ4n) is 3.59. The lowest BCUT2D eigenvalue weighted by molar-refractivity contribution is 0.0691. The van der Waals surface area contributed by atoms with Gasteiger partial charge < -0.3 is 4.90 Å². The van der Waals surface area contributed by atoms with E-state index in [1.54, 1.807) is 11.8 Å². The van der Waals surface area contributed by atoms with Crippen LogP contribution in [0.4, 0.5) is 0 Å². The number of likely N-dealkylation sites (tertiary alicyclic amines) is 1. The van der Waals surface area contributed by atoms with E-state index in [0.717, 1.165) is 43.3 Å². The molecule has 0 unspecified atom stereocenters. The van der Waals surface area contributed by atoms with Crippen molar-refractivity contribution in [2.75, 3.05) is 13.1 Å². The second-order valence-electron chi connectivity index (χ2n) is 7.51. The Hall–Kier alpha value is -1.81. The summed E-state index contributed by atoms with van der Waals surface area (Å²) < 4.78 is 0. The van der Waals surface area contributed by atoms with Gasteiger partial charge in [-0.2, -0.15) is 0 Å². The first-order valence-corrected chi connectivity index (χ1v) is 10.4. The Bertz CT molecular complexity index is 771. The maximum atomic E-state index is 12.7. The summed E-state index contributed by atoms with van der Waals surface area (Å²) in [5, 5.41) is 0. The van der Waals surface area contributed by atoms with Crippen molar-refractivity contribution >= 4 is 17.7 Å². The SMILES string of the molecule is Cc1cc(C)c(SCc2cccc(C(=O)N3CCC(C)CC3)n2)c(C)c1. The molecule has 0 atom stereocenters. The Balaban J connectivity index is 1.69. The molecule has 1 saturated heterocycles. The van der Waals surface area contributed by atoms with Crippen LogP contribution in [0.3, 0.4) is 0 Å². The zero-order valence-corrected chi connectivity index (χ0v) is 17.0. The minimum atomic E-state index is 0.0754. The molecule has 1 amide bonds. The third-order valence-corrected chi connectivity index (χ3v) is 6.44. The molecule has 0 spiro atoms. The predicted molar refractivity (Wildman–Crippen MR) is 109 cm³/mol. The fourth-order valence-corrected chi connectivity index (χ4v) is 4.62. The number of carbonyl (C=O) groups is 1. The molecule has 0 saturated carbocycles. The van der Waals surface area contributed by atoms with E-state index in [-0.39, 0.29) is 5.91 Å². The standard InChI is InChI=1S/C22H28N2OS/c1-15-8-10-24(11-9-15)22(25)20-7-5-6-19(23-20)14-26-21-17(3)12-16(2)13-18(21)4/h5-7,12-13,15H,8-11,14H2,1-4H3. The quantitative estimate of drug-likeness (QED) is 0.698. The van der Waals surface area contributed by atoms with E-state index in [1.807, 2.05) is 23.1 Å². The molecule has 1 aromatic heterocycles.